The first-order chi connectivity index (χ1) is 15.6. The van der Waals surface area contributed by atoms with Gasteiger partial charge in [-0.2, -0.15) is 15.0 Å². The van der Waals surface area contributed by atoms with Crippen LogP contribution in [0, 0.1) is 6.92 Å². The highest BCUT2D eigenvalue weighted by Gasteiger charge is 2.39. The van der Waals surface area contributed by atoms with E-state index in [1.165, 1.54) is 50.8 Å². The van der Waals surface area contributed by atoms with E-state index < -0.39 is 0 Å². The Morgan fingerprint density at radius 2 is 1.84 bits per heavy atom. The minimum Gasteiger partial charge on any atom is -0.491 e. The molecule has 7 heteroatoms. The predicted molar refractivity (Wildman–Crippen MR) is 128 cm³/mol. The second-order valence-corrected chi connectivity index (χ2v) is 9.56. The maximum absolute atomic E-state index is 6.05. The number of hydrogen-bond acceptors (Lipinski definition) is 7. The molecular formula is C25H36N6O. The molecule has 2 fully saturated rings. The number of fused-ring (bicyclic) bond motifs is 1. The molecular weight excluding hydrogens is 400 g/mol. The molecule has 1 unspecified atom stereocenters. The second kappa shape index (κ2) is 9.22. The second-order valence-electron chi connectivity index (χ2n) is 9.56. The summed E-state index contributed by atoms with van der Waals surface area (Å²) in [6.07, 6.45) is 8.29. The normalized spacial score (nSPS) is 23.3. The number of para-hydroxylation sites is 1. The number of aromatic nitrogens is 3. The molecule has 0 radical (unpaired) electrons. The summed E-state index contributed by atoms with van der Waals surface area (Å²) in [5.41, 5.74) is 1.64. The summed E-state index contributed by atoms with van der Waals surface area (Å²) in [5, 5.41) is 3.53. The third kappa shape index (κ3) is 4.40. The number of nitrogens with one attached hydrogen (secondary N) is 1. The van der Waals surface area contributed by atoms with Crippen LogP contribution in [-0.2, 0) is 6.42 Å². The zero-order valence-corrected chi connectivity index (χ0v) is 19.5. The van der Waals surface area contributed by atoms with Gasteiger partial charge in [-0.1, -0.05) is 25.1 Å². The summed E-state index contributed by atoms with van der Waals surface area (Å²) in [6, 6.07) is 8.49. The van der Waals surface area contributed by atoms with E-state index in [-0.39, 0.29) is 6.04 Å². The van der Waals surface area contributed by atoms with Crippen LogP contribution in [0.25, 0.3) is 0 Å². The van der Waals surface area contributed by atoms with Crippen molar-refractivity contribution in [3.05, 3.63) is 35.7 Å². The van der Waals surface area contributed by atoms with Gasteiger partial charge in [0.25, 0.3) is 0 Å². The number of anilines is 2. The fraction of sp³-hybridized carbons (Fsp3) is 0.640. The average molecular weight is 437 g/mol. The zero-order chi connectivity index (χ0) is 22.0. The van der Waals surface area contributed by atoms with Gasteiger partial charge in [-0.25, -0.2) is 0 Å². The van der Waals surface area contributed by atoms with E-state index in [1.807, 2.05) is 13.0 Å². The summed E-state index contributed by atoms with van der Waals surface area (Å²) in [4.78, 5) is 19.2. The van der Waals surface area contributed by atoms with Crippen LogP contribution in [0.15, 0.2) is 24.3 Å². The highest BCUT2D eigenvalue weighted by molar-refractivity contribution is 5.40. The first kappa shape index (κ1) is 21.4. The molecule has 0 saturated carbocycles. The molecule has 1 atom stereocenters. The predicted octanol–water partition coefficient (Wildman–Crippen LogP) is 3.83. The fourth-order valence-electron chi connectivity index (χ4n) is 5.63. The van der Waals surface area contributed by atoms with E-state index in [0.717, 1.165) is 43.5 Å². The minimum absolute atomic E-state index is 0.182. The molecule has 0 bridgehead atoms. The molecule has 2 aromatic rings. The first-order valence-corrected chi connectivity index (χ1v) is 12.4. The van der Waals surface area contributed by atoms with Crippen LogP contribution >= 0.6 is 0 Å². The third-order valence-corrected chi connectivity index (χ3v) is 7.66. The monoisotopic (exact) mass is 436 g/mol. The van der Waals surface area contributed by atoms with Crippen molar-refractivity contribution in [1.82, 2.24) is 19.9 Å². The van der Waals surface area contributed by atoms with Crippen LogP contribution in [-0.4, -0.2) is 64.2 Å². The van der Waals surface area contributed by atoms with Crippen molar-refractivity contribution >= 4 is 11.9 Å². The number of likely N-dealkylation sites (tertiary alicyclic amines) is 1. The van der Waals surface area contributed by atoms with Crippen molar-refractivity contribution in [3.63, 3.8) is 0 Å². The van der Waals surface area contributed by atoms with E-state index in [4.69, 9.17) is 14.7 Å². The van der Waals surface area contributed by atoms with Gasteiger partial charge in [0.05, 0.1) is 6.04 Å². The summed E-state index contributed by atoms with van der Waals surface area (Å²) < 4.78 is 6.05. The lowest BCUT2D eigenvalue weighted by Crippen LogP contribution is -2.54. The average Bonchev–Trinajstić information content (AvgIpc) is 3.29. The number of aryl methyl sites for hydroxylation is 2. The Hall–Kier alpha value is -2.41. The standard InChI is InChI=1S/C25H36N6O/c1-3-25(31-14-6-7-15-31)12-16-30(17-13-25)24-27-19(2)26-23(29-24)28-21-11-10-20-8-4-5-9-22(20)32-18-21/h4-5,8-9,21H,3,6-7,10-18H2,1-2H3,(H,26,27,28,29). The molecule has 1 N–H and O–H groups in total. The Kier molecular flexibility index (Phi) is 6.17. The van der Waals surface area contributed by atoms with E-state index >= 15 is 0 Å². The quantitative estimate of drug-likeness (QED) is 0.764. The molecule has 7 nitrogen and oxygen atoms in total. The number of ether oxygens (including phenoxy) is 1. The molecule has 32 heavy (non-hydrogen) atoms. The highest BCUT2D eigenvalue weighted by Crippen LogP contribution is 2.35. The Morgan fingerprint density at radius 1 is 1.06 bits per heavy atom. The van der Waals surface area contributed by atoms with E-state index in [1.54, 1.807) is 0 Å². The van der Waals surface area contributed by atoms with Crippen LogP contribution in [0.4, 0.5) is 11.9 Å². The fourth-order valence-corrected chi connectivity index (χ4v) is 5.63. The van der Waals surface area contributed by atoms with Crippen molar-refractivity contribution in [2.24, 2.45) is 0 Å². The molecule has 3 aliphatic heterocycles. The molecule has 3 aliphatic rings. The maximum atomic E-state index is 6.05. The van der Waals surface area contributed by atoms with Gasteiger partial charge in [-0.3, -0.25) is 4.90 Å². The lowest BCUT2D eigenvalue weighted by atomic mass is 9.83. The van der Waals surface area contributed by atoms with Gasteiger partial charge in [0, 0.05) is 18.6 Å². The summed E-state index contributed by atoms with van der Waals surface area (Å²) in [5.74, 6) is 3.24. The number of rotatable bonds is 5. The van der Waals surface area contributed by atoms with Gasteiger partial charge < -0.3 is 15.0 Å². The molecule has 0 aliphatic carbocycles. The maximum Gasteiger partial charge on any atom is 0.230 e. The Bertz CT molecular complexity index is 893. The van der Waals surface area contributed by atoms with Crippen LogP contribution in [0.3, 0.4) is 0 Å². The van der Waals surface area contributed by atoms with Gasteiger partial charge in [-0.05, 0) is 76.6 Å². The van der Waals surface area contributed by atoms with E-state index in [0.29, 0.717) is 18.1 Å². The van der Waals surface area contributed by atoms with E-state index in [2.05, 4.69) is 45.2 Å². The molecule has 1 aromatic carbocycles. The van der Waals surface area contributed by atoms with Crippen LogP contribution < -0.4 is 15.0 Å². The van der Waals surface area contributed by atoms with Crippen LogP contribution in [0.2, 0.25) is 0 Å². The molecule has 5 rings (SSSR count). The Morgan fingerprint density at radius 3 is 2.62 bits per heavy atom. The van der Waals surface area contributed by atoms with Crippen molar-refractivity contribution < 1.29 is 4.74 Å². The van der Waals surface area contributed by atoms with Crippen molar-refractivity contribution in [1.29, 1.82) is 0 Å². The van der Waals surface area contributed by atoms with Gasteiger partial charge in [-0.15, -0.1) is 0 Å². The molecule has 2 saturated heterocycles. The number of benzene rings is 1. The summed E-state index contributed by atoms with van der Waals surface area (Å²) in [7, 11) is 0. The molecule has 1 aromatic heterocycles. The zero-order valence-electron chi connectivity index (χ0n) is 19.5. The van der Waals surface area contributed by atoms with Gasteiger partial charge in [0.2, 0.25) is 11.9 Å². The number of piperidine rings is 1. The van der Waals surface area contributed by atoms with Crippen LogP contribution in [0.1, 0.15) is 56.8 Å². The SMILES string of the molecule is CCC1(N2CCCC2)CCN(c2nc(C)nc(NC3CCc4ccccc4OC3)n2)CC1. The molecule has 4 heterocycles. The largest absolute Gasteiger partial charge is 0.491 e. The topological polar surface area (TPSA) is 66.4 Å². The summed E-state index contributed by atoms with van der Waals surface area (Å²) in [6.45, 7) is 9.48. The third-order valence-electron chi connectivity index (χ3n) is 7.66. The Labute approximate surface area is 191 Å². The van der Waals surface area contributed by atoms with Crippen molar-refractivity contribution in [3.8, 4) is 5.75 Å². The number of hydrogen-bond donors (Lipinski definition) is 1. The highest BCUT2D eigenvalue weighted by atomic mass is 16.5. The lowest BCUT2D eigenvalue weighted by molar-refractivity contribution is 0.0822. The lowest BCUT2D eigenvalue weighted by Gasteiger charge is -2.47. The minimum atomic E-state index is 0.182. The van der Waals surface area contributed by atoms with E-state index in [9.17, 15) is 0 Å². The molecule has 0 amide bonds. The molecule has 0 spiro atoms. The van der Waals surface area contributed by atoms with Crippen molar-refractivity contribution in [2.75, 3.05) is 43.0 Å². The van der Waals surface area contributed by atoms with Gasteiger partial charge in [0.15, 0.2) is 0 Å². The van der Waals surface area contributed by atoms with Crippen LogP contribution in [0.5, 0.6) is 5.75 Å². The van der Waals surface area contributed by atoms with Gasteiger partial charge in [0.1, 0.15) is 18.2 Å². The first-order valence-electron chi connectivity index (χ1n) is 12.4. The molecule has 172 valence electrons. The van der Waals surface area contributed by atoms with Crippen molar-refractivity contribution in [2.45, 2.75) is 70.4 Å². The Balaban J connectivity index is 1.25. The number of nitrogens with zero attached hydrogens (tertiary/aromatic N) is 5. The van der Waals surface area contributed by atoms with Gasteiger partial charge >= 0.3 is 0 Å². The smallest absolute Gasteiger partial charge is 0.230 e. The summed E-state index contributed by atoms with van der Waals surface area (Å²) >= 11 is 0.